The van der Waals surface area contributed by atoms with Crippen molar-refractivity contribution in [2.24, 2.45) is 0 Å². The van der Waals surface area contributed by atoms with Gasteiger partial charge >= 0.3 is 0 Å². The zero-order valence-electron chi connectivity index (χ0n) is 13.8. The van der Waals surface area contributed by atoms with Gasteiger partial charge in [-0.2, -0.15) is 11.8 Å². The molecule has 0 saturated heterocycles. The van der Waals surface area contributed by atoms with Crippen LogP contribution in [0.2, 0.25) is 0 Å². The third-order valence-electron chi connectivity index (χ3n) is 4.16. The molecule has 21 heavy (non-hydrogen) atoms. The van der Waals surface area contributed by atoms with Crippen molar-refractivity contribution < 1.29 is 0 Å². The number of thioether (sulfide) groups is 1. The largest absolute Gasteiger partial charge is 0.345 e. The first kappa shape index (κ1) is 16.4. The number of fused-ring (bicyclic) bond motifs is 1. The van der Waals surface area contributed by atoms with Crippen LogP contribution in [0.25, 0.3) is 10.9 Å². The molecule has 0 aliphatic carbocycles. The second-order valence-corrected chi connectivity index (χ2v) is 6.94. The molecule has 1 N–H and O–H groups in total. The van der Waals surface area contributed by atoms with Crippen LogP contribution in [0.1, 0.15) is 37.1 Å². The summed E-state index contributed by atoms with van der Waals surface area (Å²) >= 11 is 2.04. The van der Waals surface area contributed by atoms with Crippen molar-refractivity contribution in [2.45, 2.75) is 47.2 Å². The monoisotopic (exact) mass is 304 g/mol. The molecule has 1 aromatic carbocycles. The number of nitrogens with zero attached hydrogens (tertiary/aromatic N) is 1. The lowest BCUT2D eigenvalue weighted by Gasteiger charge is -2.09. The molecule has 0 unspecified atom stereocenters. The number of rotatable bonds is 8. The van der Waals surface area contributed by atoms with Gasteiger partial charge in [-0.25, -0.2) is 0 Å². The minimum atomic E-state index is 0.962. The van der Waals surface area contributed by atoms with E-state index in [2.05, 4.69) is 55.8 Å². The van der Waals surface area contributed by atoms with E-state index in [1.165, 1.54) is 45.7 Å². The van der Waals surface area contributed by atoms with Gasteiger partial charge in [0.15, 0.2) is 0 Å². The molecule has 2 aromatic rings. The maximum atomic E-state index is 3.41. The maximum Gasteiger partial charge on any atom is 0.0485 e. The van der Waals surface area contributed by atoms with E-state index in [-0.39, 0.29) is 0 Å². The Morgan fingerprint density at radius 3 is 2.71 bits per heavy atom. The van der Waals surface area contributed by atoms with Crippen LogP contribution in [0.5, 0.6) is 0 Å². The SMILES string of the molecule is CCNCc1ccc2c(c1)c(C)c(C)n2CCCSCC. The van der Waals surface area contributed by atoms with Crippen molar-refractivity contribution in [1.29, 1.82) is 0 Å². The molecule has 116 valence electrons. The predicted octanol–water partition coefficient (Wildman–Crippen LogP) is 4.51. The maximum absolute atomic E-state index is 3.41. The summed E-state index contributed by atoms with van der Waals surface area (Å²) in [6.45, 7) is 12.0. The van der Waals surface area contributed by atoms with Gasteiger partial charge in [0.2, 0.25) is 0 Å². The molecule has 0 spiro atoms. The number of nitrogens with one attached hydrogen (secondary N) is 1. The summed E-state index contributed by atoms with van der Waals surface area (Å²) in [5.74, 6) is 2.48. The van der Waals surface area contributed by atoms with Gasteiger partial charge in [-0.05, 0) is 61.6 Å². The van der Waals surface area contributed by atoms with Crippen molar-refractivity contribution in [1.82, 2.24) is 9.88 Å². The fourth-order valence-corrected chi connectivity index (χ4v) is 3.46. The number of aryl methyl sites for hydroxylation is 2. The van der Waals surface area contributed by atoms with Gasteiger partial charge in [0.1, 0.15) is 0 Å². The number of hydrogen-bond acceptors (Lipinski definition) is 2. The Kier molecular flexibility index (Phi) is 6.19. The molecule has 0 bridgehead atoms. The van der Waals surface area contributed by atoms with E-state index in [0.717, 1.165) is 19.6 Å². The van der Waals surface area contributed by atoms with Crippen LogP contribution in [0.15, 0.2) is 18.2 Å². The Labute approximate surface area is 133 Å². The first-order chi connectivity index (χ1) is 10.2. The van der Waals surface area contributed by atoms with Crippen molar-refractivity contribution in [3.05, 3.63) is 35.0 Å². The van der Waals surface area contributed by atoms with Crippen LogP contribution in [-0.2, 0) is 13.1 Å². The van der Waals surface area contributed by atoms with Crippen molar-refractivity contribution >= 4 is 22.7 Å². The molecule has 0 radical (unpaired) electrons. The highest BCUT2D eigenvalue weighted by atomic mass is 32.2. The predicted molar refractivity (Wildman–Crippen MR) is 96.4 cm³/mol. The van der Waals surface area contributed by atoms with Gasteiger partial charge in [0.05, 0.1) is 0 Å². The highest BCUT2D eigenvalue weighted by molar-refractivity contribution is 7.99. The van der Waals surface area contributed by atoms with E-state index < -0.39 is 0 Å². The van der Waals surface area contributed by atoms with Crippen molar-refractivity contribution in [3.63, 3.8) is 0 Å². The van der Waals surface area contributed by atoms with E-state index >= 15 is 0 Å². The molecule has 0 fully saturated rings. The average molecular weight is 305 g/mol. The number of benzene rings is 1. The van der Waals surface area contributed by atoms with E-state index in [4.69, 9.17) is 0 Å². The average Bonchev–Trinajstić information content (AvgIpc) is 2.74. The van der Waals surface area contributed by atoms with E-state index in [1.807, 2.05) is 11.8 Å². The summed E-state index contributed by atoms with van der Waals surface area (Å²) in [6.07, 6.45) is 1.25. The summed E-state index contributed by atoms with van der Waals surface area (Å²) < 4.78 is 2.50. The minimum absolute atomic E-state index is 0.962. The second kappa shape index (κ2) is 7.90. The lowest BCUT2D eigenvalue weighted by Crippen LogP contribution is -2.11. The van der Waals surface area contributed by atoms with Crippen molar-refractivity contribution in [2.75, 3.05) is 18.1 Å². The molecular formula is C18H28N2S. The summed E-state index contributed by atoms with van der Waals surface area (Å²) in [4.78, 5) is 0. The lowest BCUT2D eigenvalue weighted by molar-refractivity contribution is 0.688. The summed E-state index contributed by atoms with van der Waals surface area (Å²) in [5.41, 5.74) is 5.64. The van der Waals surface area contributed by atoms with Crippen LogP contribution in [-0.4, -0.2) is 22.6 Å². The molecule has 0 aliphatic heterocycles. The molecule has 2 nitrogen and oxygen atoms in total. The topological polar surface area (TPSA) is 17.0 Å². The fourth-order valence-electron chi connectivity index (χ4n) is 2.83. The van der Waals surface area contributed by atoms with Gasteiger partial charge in [0, 0.05) is 29.7 Å². The first-order valence-corrected chi connectivity index (χ1v) is 9.21. The van der Waals surface area contributed by atoms with Crippen LogP contribution < -0.4 is 5.32 Å². The highest BCUT2D eigenvalue weighted by Crippen LogP contribution is 2.26. The van der Waals surface area contributed by atoms with E-state index in [9.17, 15) is 0 Å². The van der Waals surface area contributed by atoms with Crippen LogP contribution >= 0.6 is 11.8 Å². The molecule has 0 atom stereocenters. The first-order valence-electron chi connectivity index (χ1n) is 8.05. The van der Waals surface area contributed by atoms with Gasteiger partial charge in [-0.3, -0.25) is 0 Å². The zero-order chi connectivity index (χ0) is 15.2. The molecule has 3 heteroatoms. The van der Waals surface area contributed by atoms with Gasteiger partial charge < -0.3 is 9.88 Å². The number of hydrogen-bond donors (Lipinski definition) is 1. The van der Waals surface area contributed by atoms with Crippen LogP contribution in [0, 0.1) is 13.8 Å². The normalized spacial score (nSPS) is 11.4. The summed E-state index contributed by atoms with van der Waals surface area (Å²) in [7, 11) is 0. The van der Waals surface area contributed by atoms with Gasteiger partial charge in [0.25, 0.3) is 0 Å². The van der Waals surface area contributed by atoms with Gasteiger partial charge in [-0.15, -0.1) is 0 Å². The smallest absolute Gasteiger partial charge is 0.0485 e. The Bertz CT molecular complexity index is 586. The molecule has 0 aliphatic rings. The van der Waals surface area contributed by atoms with E-state index in [0.29, 0.717) is 0 Å². The third kappa shape index (κ3) is 3.83. The summed E-state index contributed by atoms with van der Waals surface area (Å²) in [5, 5.41) is 4.83. The molecule has 1 aromatic heterocycles. The van der Waals surface area contributed by atoms with Crippen molar-refractivity contribution in [3.8, 4) is 0 Å². The quantitative estimate of drug-likeness (QED) is 0.723. The Hall–Kier alpha value is -0.930. The molecule has 1 heterocycles. The second-order valence-electron chi connectivity index (χ2n) is 5.54. The van der Waals surface area contributed by atoms with Crippen LogP contribution in [0.3, 0.4) is 0 Å². The lowest BCUT2D eigenvalue weighted by atomic mass is 10.1. The summed E-state index contributed by atoms with van der Waals surface area (Å²) in [6, 6.07) is 6.92. The highest BCUT2D eigenvalue weighted by Gasteiger charge is 2.11. The van der Waals surface area contributed by atoms with Crippen LogP contribution in [0.4, 0.5) is 0 Å². The Morgan fingerprint density at radius 2 is 2.00 bits per heavy atom. The Morgan fingerprint density at radius 1 is 1.19 bits per heavy atom. The molecule has 0 amide bonds. The van der Waals surface area contributed by atoms with E-state index in [1.54, 1.807) is 0 Å². The fraction of sp³-hybridized carbons (Fsp3) is 0.556. The standard InChI is InChI=1S/C18H28N2S/c1-5-19-13-16-8-9-18-17(12-16)14(3)15(4)20(18)10-7-11-21-6-2/h8-9,12,19H,5-7,10-11,13H2,1-4H3. The van der Waals surface area contributed by atoms with Gasteiger partial charge in [-0.1, -0.05) is 19.9 Å². The minimum Gasteiger partial charge on any atom is -0.345 e. The Balaban J connectivity index is 2.23. The molecule has 2 rings (SSSR count). The third-order valence-corrected chi connectivity index (χ3v) is 5.14. The molecule has 0 saturated carbocycles. The zero-order valence-corrected chi connectivity index (χ0v) is 14.6. The molecular weight excluding hydrogens is 276 g/mol. The number of aromatic nitrogens is 1.